The Morgan fingerprint density at radius 3 is 2.37 bits per heavy atom. The fourth-order valence-electron chi connectivity index (χ4n) is 2.25. The van der Waals surface area contributed by atoms with Gasteiger partial charge in [0.25, 0.3) is 5.56 Å². The first kappa shape index (κ1) is 14.3. The van der Waals surface area contributed by atoms with E-state index in [0.717, 1.165) is 16.9 Å². The molecule has 0 spiro atoms. The van der Waals surface area contributed by atoms with Gasteiger partial charge in [0.1, 0.15) is 5.15 Å². The zero-order valence-corrected chi connectivity index (χ0v) is 11.9. The summed E-state index contributed by atoms with van der Waals surface area (Å²) in [4.78, 5) is 25.9. The van der Waals surface area contributed by atoms with Crippen molar-refractivity contribution < 1.29 is 8.42 Å². The van der Waals surface area contributed by atoms with Gasteiger partial charge in [-0.3, -0.25) is 14.3 Å². The lowest BCUT2D eigenvalue weighted by atomic mass is 10.1. The third kappa shape index (κ3) is 3.07. The van der Waals surface area contributed by atoms with Crippen molar-refractivity contribution in [1.82, 2.24) is 13.9 Å². The van der Waals surface area contributed by atoms with E-state index >= 15 is 0 Å². The highest BCUT2D eigenvalue weighted by Gasteiger charge is 2.27. The SMILES string of the molecule is CS(=O)(=O)N1CCC(n2c(=O)cc(Cl)[nH]c2=O)CC1. The van der Waals surface area contributed by atoms with Gasteiger partial charge in [0, 0.05) is 25.2 Å². The van der Waals surface area contributed by atoms with E-state index in [-0.39, 0.29) is 11.2 Å². The van der Waals surface area contributed by atoms with Crippen molar-refractivity contribution in [1.29, 1.82) is 0 Å². The van der Waals surface area contributed by atoms with E-state index < -0.39 is 21.3 Å². The number of aromatic amines is 1. The Kier molecular flexibility index (Phi) is 3.84. The molecule has 1 saturated heterocycles. The number of nitrogens with one attached hydrogen (secondary N) is 1. The molecule has 2 rings (SSSR count). The predicted octanol–water partition coefficient (Wildman–Crippen LogP) is -0.214. The molecule has 0 atom stereocenters. The molecule has 1 N–H and O–H groups in total. The van der Waals surface area contributed by atoms with Crippen LogP contribution < -0.4 is 11.2 Å². The van der Waals surface area contributed by atoms with Gasteiger partial charge >= 0.3 is 5.69 Å². The molecule has 106 valence electrons. The molecule has 0 aliphatic carbocycles. The highest BCUT2D eigenvalue weighted by atomic mass is 35.5. The third-order valence-corrected chi connectivity index (χ3v) is 4.70. The molecule has 1 aliphatic rings. The quantitative estimate of drug-likeness (QED) is 0.765. The van der Waals surface area contributed by atoms with Crippen molar-refractivity contribution in [3.05, 3.63) is 32.1 Å². The summed E-state index contributed by atoms with van der Waals surface area (Å²) >= 11 is 5.59. The second kappa shape index (κ2) is 5.10. The van der Waals surface area contributed by atoms with Crippen LogP contribution in [0.4, 0.5) is 0 Å². The molecule has 19 heavy (non-hydrogen) atoms. The number of halogens is 1. The second-order valence-corrected chi connectivity index (χ2v) is 6.91. The normalized spacial score (nSPS) is 18.6. The van der Waals surface area contributed by atoms with Gasteiger partial charge in [-0.05, 0) is 12.8 Å². The van der Waals surface area contributed by atoms with Gasteiger partial charge in [-0.15, -0.1) is 0 Å². The lowest BCUT2D eigenvalue weighted by Gasteiger charge is -2.30. The first-order valence-corrected chi connectivity index (χ1v) is 7.98. The van der Waals surface area contributed by atoms with Crippen molar-refractivity contribution in [2.24, 2.45) is 0 Å². The maximum absolute atomic E-state index is 11.8. The Bertz CT molecular complexity index is 654. The van der Waals surface area contributed by atoms with Crippen LogP contribution in [-0.2, 0) is 10.0 Å². The van der Waals surface area contributed by atoms with E-state index in [9.17, 15) is 18.0 Å². The first-order chi connectivity index (χ1) is 8.79. The summed E-state index contributed by atoms with van der Waals surface area (Å²) in [6.07, 6.45) is 2.00. The van der Waals surface area contributed by atoms with E-state index in [4.69, 9.17) is 11.6 Å². The average molecular weight is 308 g/mol. The van der Waals surface area contributed by atoms with Gasteiger partial charge in [-0.1, -0.05) is 11.6 Å². The molecule has 1 aromatic rings. The molecule has 1 fully saturated rings. The zero-order valence-electron chi connectivity index (χ0n) is 10.3. The third-order valence-electron chi connectivity index (χ3n) is 3.19. The maximum Gasteiger partial charge on any atom is 0.329 e. The summed E-state index contributed by atoms with van der Waals surface area (Å²) in [5.74, 6) is 0. The topological polar surface area (TPSA) is 92.2 Å². The van der Waals surface area contributed by atoms with Crippen LogP contribution in [0.15, 0.2) is 15.7 Å². The molecular weight excluding hydrogens is 294 g/mol. The highest BCUT2D eigenvalue weighted by molar-refractivity contribution is 7.88. The van der Waals surface area contributed by atoms with Gasteiger partial charge in [0.05, 0.1) is 6.26 Å². The Hall–Kier alpha value is -1.12. The van der Waals surface area contributed by atoms with Gasteiger partial charge in [-0.2, -0.15) is 0 Å². The smallest absolute Gasteiger partial charge is 0.298 e. The summed E-state index contributed by atoms with van der Waals surface area (Å²) in [5, 5.41) is -0.000165. The number of rotatable bonds is 2. The van der Waals surface area contributed by atoms with Gasteiger partial charge < -0.3 is 0 Å². The molecule has 0 amide bonds. The molecule has 7 nitrogen and oxygen atoms in total. The van der Waals surface area contributed by atoms with Gasteiger partial charge in [-0.25, -0.2) is 17.5 Å². The van der Waals surface area contributed by atoms with Crippen molar-refractivity contribution in [3.8, 4) is 0 Å². The number of H-pyrrole nitrogens is 1. The molecule has 9 heteroatoms. The standard InChI is InChI=1S/C10H14ClN3O4S/c1-19(17,18)13-4-2-7(3-5-13)14-9(15)6-8(11)12-10(14)16/h6-7H,2-5H2,1H3,(H,12,16). The minimum Gasteiger partial charge on any atom is -0.298 e. The largest absolute Gasteiger partial charge is 0.329 e. The van der Waals surface area contributed by atoms with Gasteiger partial charge in [0.15, 0.2) is 0 Å². The van der Waals surface area contributed by atoms with Crippen LogP contribution in [0.2, 0.25) is 5.15 Å². The van der Waals surface area contributed by atoms with Crippen LogP contribution in [0.1, 0.15) is 18.9 Å². The highest BCUT2D eigenvalue weighted by Crippen LogP contribution is 2.21. The van der Waals surface area contributed by atoms with Gasteiger partial charge in [0.2, 0.25) is 10.0 Å². The summed E-state index contributed by atoms with van der Waals surface area (Å²) < 4.78 is 25.2. The Balaban J connectivity index is 2.24. The van der Waals surface area contributed by atoms with Crippen LogP contribution in [0, 0.1) is 0 Å². The lowest BCUT2D eigenvalue weighted by molar-refractivity contribution is 0.266. The molecule has 0 saturated carbocycles. The molecule has 1 aromatic heterocycles. The first-order valence-electron chi connectivity index (χ1n) is 5.75. The minimum atomic E-state index is -3.22. The summed E-state index contributed by atoms with van der Waals surface area (Å²) in [7, 11) is -3.22. The van der Waals surface area contributed by atoms with E-state index in [1.165, 1.54) is 4.31 Å². The minimum absolute atomic E-state index is 0.000165. The summed E-state index contributed by atoms with van der Waals surface area (Å²) in [5.41, 5.74) is -1.03. The van der Waals surface area contributed by atoms with Crippen LogP contribution in [0.25, 0.3) is 0 Å². The molecule has 0 unspecified atom stereocenters. The van der Waals surface area contributed by atoms with Crippen molar-refractivity contribution >= 4 is 21.6 Å². The fourth-order valence-corrected chi connectivity index (χ4v) is 3.30. The molecule has 0 bridgehead atoms. The van der Waals surface area contributed by atoms with Crippen LogP contribution in [-0.4, -0.2) is 41.6 Å². The van der Waals surface area contributed by atoms with E-state index in [0.29, 0.717) is 25.9 Å². The number of nitrogens with zero attached hydrogens (tertiary/aromatic N) is 2. The molecule has 2 heterocycles. The Morgan fingerprint density at radius 1 is 1.32 bits per heavy atom. The predicted molar refractivity (Wildman–Crippen MR) is 71.0 cm³/mol. The lowest BCUT2D eigenvalue weighted by Crippen LogP contribution is -2.44. The monoisotopic (exact) mass is 307 g/mol. The molecular formula is C10H14ClN3O4S. The molecule has 0 radical (unpaired) electrons. The van der Waals surface area contributed by atoms with Crippen molar-refractivity contribution in [3.63, 3.8) is 0 Å². The summed E-state index contributed by atoms with van der Waals surface area (Å²) in [6, 6.07) is 0.845. The van der Waals surface area contributed by atoms with Crippen LogP contribution in [0.3, 0.4) is 0 Å². The Morgan fingerprint density at radius 2 is 1.89 bits per heavy atom. The molecule has 1 aliphatic heterocycles. The van der Waals surface area contributed by atoms with Crippen LogP contribution in [0.5, 0.6) is 0 Å². The number of hydrogen-bond donors (Lipinski definition) is 1. The van der Waals surface area contributed by atoms with E-state index in [1.807, 2.05) is 0 Å². The number of sulfonamides is 1. The number of piperidine rings is 1. The van der Waals surface area contributed by atoms with Crippen molar-refractivity contribution in [2.75, 3.05) is 19.3 Å². The zero-order chi connectivity index (χ0) is 14.2. The average Bonchev–Trinajstić information content (AvgIpc) is 2.27. The number of hydrogen-bond acceptors (Lipinski definition) is 4. The van der Waals surface area contributed by atoms with Crippen molar-refractivity contribution in [2.45, 2.75) is 18.9 Å². The maximum atomic E-state index is 11.8. The van der Waals surface area contributed by atoms with E-state index in [1.54, 1.807) is 0 Å². The summed E-state index contributed by atoms with van der Waals surface area (Å²) in [6.45, 7) is 0.607. The second-order valence-electron chi connectivity index (χ2n) is 4.52. The fraction of sp³-hybridized carbons (Fsp3) is 0.600. The van der Waals surface area contributed by atoms with E-state index in [2.05, 4.69) is 4.98 Å². The Labute approximate surface area is 114 Å². The molecule has 0 aromatic carbocycles. The number of aromatic nitrogens is 2. The van der Waals surface area contributed by atoms with Crippen LogP contribution >= 0.6 is 11.6 Å².